The molecule has 1 amide bonds. The van der Waals surface area contributed by atoms with Crippen LogP contribution in [-0.4, -0.2) is 10.9 Å². The summed E-state index contributed by atoms with van der Waals surface area (Å²) in [6.45, 7) is 3.69. The molecule has 3 nitrogen and oxygen atoms in total. The van der Waals surface area contributed by atoms with Crippen molar-refractivity contribution in [1.29, 1.82) is 0 Å². The van der Waals surface area contributed by atoms with Crippen LogP contribution in [0.5, 0.6) is 0 Å². The Morgan fingerprint density at radius 2 is 2.20 bits per heavy atom. The van der Waals surface area contributed by atoms with Crippen molar-refractivity contribution in [3.63, 3.8) is 0 Å². The van der Waals surface area contributed by atoms with Crippen LogP contribution in [0, 0.1) is 13.8 Å². The van der Waals surface area contributed by atoms with E-state index in [9.17, 15) is 4.79 Å². The van der Waals surface area contributed by atoms with Crippen LogP contribution in [0.2, 0.25) is 0 Å². The first kappa shape index (κ1) is 7.21. The van der Waals surface area contributed by atoms with Crippen molar-refractivity contribution in [2.24, 2.45) is 5.73 Å². The number of thiazole rings is 1. The van der Waals surface area contributed by atoms with Crippen LogP contribution in [0.4, 0.5) is 0 Å². The fourth-order valence-electron chi connectivity index (χ4n) is 0.757. The van der Waals surface area contributed by atoms with Crippen LogP contribution in [0.15, 0.2) is 0 Å². The Morgan fingerprint density at radius 1 is 1.60 bits per heavy atom. The minimum absolute atomic E-state index is 0.405. The van der Waals surface area contributed by atoms with Crippen molar-refractivity contribution >= 4 is 17.2 Å². The summed E-state index contributed by atoms with van der Waals surface area (Å²) in [6, 6.07) is 0. The maximum absolute atomic E-state index is 10.6. The Hall–Kier alpha value is -0.900. The minimum Gasteiger partial charge on any atom is -0.364 e. The molecule has 1 rings (SSSR count). The summed E-state index contributed by atoms with van der Waals surface area (Å²) in [5.74, 6) is -0.443. The summed E-state index contributed by atoms with van der Waals surface area (Å²) >= 11 is 1.49. The molecule has 0 fully saturated rings. The lowest BCUT2D eigenvalue weighted by Crippen LogP contribution is -2.12. The molecule has 4 heteroatoms. The number of carbonyl (C=O) groups is 1. The summed E-state index contributed by atoms with van der Waals surface area (Å²) in [6.07, 6.45) is 0. The van der Waals surface area contributed by atoms with Gasteiger partial charge >= 0.3 is 0 Å². The van der Waals surface area contributed by atoms with Gasteiger partial charge in [0.1, 0.15) is 5.69 Å². The van der Waals surface area contributed by atoms with E-state index in [2.05, 4.69) is 4.98 Å². The van der Waals surface area contributed by atoms with Crippen molar-refractivity contribution in [3.05, 3.63) is 15.6 Å². The third kappa shape index (κ3) is 1.16. The van der Waals surface area contributed by atoms with Gasteiger partial charge in [0.25, 0.3) is 5.91 Å². The monoisotopic (exact) mass is 156 g/mol. The average Bonchev–Trinajstić information content (AvgIpc) is 2.10. The number of amides is 1. The molecular formula is C6H8N2OS. The van der Waals surface area contributed by atoms with Crippen molar-refractivity contribution in [2.45, 2.75) is 13.8 Å². The first-order valence-electron chi connectivity index (χ1n) is 2.85. The van der Waals surface area contributed by atoms with Gasteiger partial charge in [-0.1, -0.05) is 0 Å². The van der Waals surface area contributed by atoms with Gasteiger partial charge in [-0.2, -0.15) is 0 Å². The quantitative estimate of drug-likeness (QED) is 0.655. The van der Waals surface area contributed by atoms with Crippen molar-refractivity contribution in [1.82, 2.24) is 4.98 Å². The second kappa shape index (κ2) is 2.38. The molecule has 0 atom stereocenters. The maximum atomic E-state index is 10.6. The molecule has 0 aliphatic carbocycles. The number of carbonyl (C=O) groups excluding carboxylic acids is 1. The van der Waals surface area contributed by atoms with Crippen molar-refractivity contribution in [3.8, 4) is 0 Å². The van der Waals surface area contributed by atoms with E-state index in [1.54, 1.807) is 0 Å². The lowest BCUT2D eigenvalue weighted by molar-refractivity contribution is 0.0995. The van der Waals surface area contributed by atoms with Gasteiger partial charge in [0, 0.05) is 4.88 Å². The van der Waals surface area contributed by atoms with Gasteiger partial charge in [0.15, 0.2) is 0 Å². The Morgan fingerprint density at radius 3 is 2.40 bits per heavy atom. The molecule has 0 saturated heterocycles. The van der Waals surface area contributed by atoms with E-state index in [0.717, 1.165) is 9.88 Å². The summed E-state index contributed by atoms with van der Waals surface area (Å²) < 4.78 is 0. The van der Waals surface area contributed by atoms with Crippen molar-refractivity contribution < 1.29 is 4.79 Å². The summed E-state index contributed by atoms with van der Waals surface area (Å²) in [5, 5.41) is 0.881. The zero-order chi connectivity index (χ0) is 7.72. The van der Waals surface area contributed by atoms with Gasteiger partial charge in [-0.15, -0.1) is 11.3 Å². The lowest BCUT2D eigenvalue weighted by atomic mass is 10.4. The van der Waals surface area contributed by atoms with Crippen LogP contribution < -0.4 is 5.73 Å². The first-order valence-corrected chi connectivity index (χ1v) is 3.66. The summed E-state index contributed by atoms with van der Waals surface area (Å²) in [5.41, 5.74) is 5.44. The summed E-state index contributed by atoms with van der Waals surface area (Å²) in [7, 11) is 0. The Kier molecular flexibility index (Phi) is 1.72. The number of nitrogens with two attached hydrogens (primary N) is 1. The van der Waals surface area contributed by atoms with E-state index < -0.39 is 5.91 Å². The molecule has 10 heavy (non-hydrogen) atoms. The summed E-state index contributed by atoms with van der Waals surface area (Å²) in [4.78, 5) is 15.4. The van der Waals surface area contributed by atoms with Crippen LogP contribution >= 0.6 is 11.3 Å². The Balaban J connectivity index is 3.15. The second-order valence-corrected chi connectivity index (χ2v) is 3.41. The zero-order valence-electron chi connectivity index (χ0n) is 5.84. The van der Waals surface area contributed by atoms with Gasteiger partial charge in [0.05, 0.1) is 5.01 Å². The standard InChI is InChI=1S/C6H8N2OS/c1-3-5(6(7)9)8-4(2)10-3/h1-2H3,(H2,7,9). The highest BCUT2D eigenvalue weighted by Gasteiger charge is 2.08. The molecule has 0 aliphatic heterocycles. The van der Waals surface area contributed by atoms with Gasteiger partial charge < -0.3 is 5.73 Å². The predicted octanol–water partition coefficient (Wildman–Crippen LogP) is 0.859. The highest BCUT2D eigenvalue weighted by atomic mass is 32.1. The highest BCUT2D eigenvalue weighted by Crippen LogP contribution is 2.15. The molecule has 54 valence electrons. The second-order valence-electron chi connectivity index (χ2n) is 2.00. The van der Waals surface area contributed by atoms with Gasteiger partial charge in [0.2, 0.25) is 0 Å². The van der Waals surface area contributed by atoms with Crippen LogP contribution in [0.25, 0.3) is 0 Å². The fourth-order valence-corrected chi connectivity index (χ4v) is 1.58. The number of aryl methyl sites for hydroxylation is 2. The van der Waals surface area contributed by atoms with Gasteiger partial charge in [-0.25, -0.2) is 4.98 Å². The van der Waals surface area contributed by atoms with Crippen LogP contribution in [0.1, 0.15) is 20.4 Å². The minimum atomic E-state index is -0.443. The number of hydrogen-bond donors (Lipinski definition) is 1. The third-order valence-corrected chi connectivity index (χ3v) is 2.02. The van der Waals surface area contributed by atoms with E-state index in [4.69, 9.17) is 5.73 Å². The van der Waals surface area contributed by atoms with Gasteiger partial charge in [-0.05, 0) is 13.8 Å². The van der Waals surface area contributed by atoms with E-state index in [1.165, 1.54) is 11.3 Å². The third-order valence-electron chi connectivity index (χ3n) is 1.14. The number of aromatic nitrogens is 1. The lowest BCUT2D eigenvalue weighted by Gasteiger charge is -1.86. The molecule has 0 saturated carbocycles. The number of nitrogens with zero attached hydrogens (tertiary/aromatic N) is 1. The molecule has 1 aromatic heterocycles. The Labute approximate surface area is 62.9 Å². The molecule has 0 radical (unpaired) electrons. The molecule has 0 aromatic carbocycles. The van der Waals surface area contributed by atoms with Crippen LogP contribution in [0.3, 0.4) is 0 Å². The van der Waals surface area contributed by atoms with E-state index >= 15 is 0 Å². The first-order chi connectivity index (χ1) is 4.61. The highest BCUT2D eigenvalue weighted by molar-refractivity contribution is 7.11. The molecule has 0 aliphatic rings. The normalized spacial score (nSPS) is 9.80. The van der Waals surface area contributed by atoms with E-state index in [1.807, 2.05) is 13.8 Å². The molecule has 0 unspecified atom stereocenters. The number of rotatable bonds is 1. The molecule has 2 N–H and O–H groups in total. The molecule has 1 aromatic rings. The molecule has 0 spiro atoms. The SMILES string of the molecule is Cc1nc(C(N)=O)c(C)s1. The van der Waals surface area contributed by atoms with Crippen LogP contribution in [-0.2, 0) is 0 Å². The number of hydrogen-bond acceptors (Lipinski definition) is 3. The fraction of sp³-hybridized carbons (Fsp3) is 0.333. The molecule has 1 heterocycles. The average molecular weight is 156 g/mol. The molecular weight excluding hydrogens is 148 g/mol. The maximum Gasteiger partial charge on any atom is 0.268 e. The predicted molar refractivity (Wildman–Crippen MR) is 40.1 cm³/mol. The van der Waals surface area contributed by atoms with E-state index in [0.29, 0.717) is 5.69 Å². The zero-order valence-corrected chi connectivity index (χ0v) is 6.66. The number of primary amides is 1. The molecule has 0 bridgehead atoms. The topological polar surface area (TPSA) is 56.0 Å². The van der Waals surface area contributed by atoms with Gasteiger partial charge in [-0.3, -0.25) is 4.79 Å². The largest absolute Gasteiger partial charge is 0.364 e. The van der Waals surface area contributed by atoms with E-state index in [-0.39, 0.29) is 0 Å². The Bertz CT molecular complexity index is 267. The van der Waals surface area contributed by atoms with Crippen molar-refractivity contribution in [2.75, 3.05) is 0 Å². The smallest absolute Gasteiger partial charge is 0.268 e.